The lowest BCUT2D eigenvalue weighted by Gasteiger charge is -2.23. The molecule has 1 aromatic rings. The summed E-state index contributed by atoms with van der Waals surface area (Å²) in [5.74, 6) is 0.653. The van der Waals surface area contributed by atoms with E-state index in [0.29, 0.717) is 12.0 Å². The van der Waals surface area contributed by atoms with Crippen LogP contribution in [0.2, 0.25) is 0 Å². The van der Waals surface area contributed by atoms with Crippen LogP contribution in [0.4, 0.5) is 0 Å². The Kier molecular flexibility index (Phi) is 4.14. The molecular weight excluding hydrogens is 174 g/mol. The fourth-order valence-corrected chi connectivity index (χ4v) is 2.01. The molecule has 3 heteroatoms. The Labute approximate surface area is 86.5 Å². The molecular formula is C11H21N3. The molecule has 0 radical (unpaired) electrons. The largest absolute Gasteiger partial charge is 0.336 e. The number of nitrogens with one attached hydrogen (secondary N) is 1. The van der Waals surface area contributed by atoms with Crippen molar-refractivity contribution in [3.8, 4) is 0 Å². The predicted molar refractivity (Wildman–Crippen MR) is 59.1 cm³/mol. The van der Waals surface area contributed by atoms with Crippen molar-refractivity contribution in [3.05, 3.63) is 18.2 Å². The Bertz CT molecular complexity index is 267. The van der Waals surface area contributed by atoms with Gasteiger partial charge in [0.2, 0.25) is 0 Å². The third kappa shape index (κ3) is 2.35. The predicted octanol–water partition coefficient (Wildman–Crippen LogP) is 2.12. The lowest BCUT2D eigenvalue weighted by atomic mass is 9.95. The summed E-state index contributed by atoms with van der Waals surface area (Å²) >= 11 is 0. The van der Waals surface area contributed by atoms with Gasteiger partial charge in [0.1, 0.15) is 0 Å². The monoisotopic (exact) mass is 195 g/mol. The highest BCUT2D eigenvalue weighted by Gasteiger charge is 2.18. The number of imidazole rings is 1. The van der Waals surface area contributed by atoms with Gasteiger partial charge in [0.05, 0.1) is 18.1 Å². The minimum absolute atomic E-state index is 0.419. The van der Waals surface area contributed by atoms with Crippen LogP contribution in [0.3, 0.4) is 0 Å². The first kappa shape index (κ1) is 11.2. The third-order valence-electron chi connectivity index (χ3n) is 2.80. The first-order valence-corrected chi connectivity index (χ1v) is 5.34. The minimum Gasteiger partial charge on any atom is -0.336 e. The van der Waals surface area contributed by atoms with Gasteiger partial charge in [-0.05, 0) is 19.4 Å². The molecule has 1 N–H and O–H groups in total. The van der Waals surface area contributed by atoms with E-state index >= 15 is 0 Å². The molecule has 1 heterocycles. The van der Waals surface area contributed by atoms with Crippen molar-refractivity contribution >= 4 is 0 Å². The van der Waals surface area contributed by atoms with Crippen molar-refractivity contribution < 1.29 is 0 Å². The van der Waals surface area contributed by atoms with Gasteiger partial charge in [0.25, 0.3) is 0 Å². The summed E-state index contributed by atoms with van der Waals surface area (Å²) in [6.45, 7) is 4.52. The first-order valence-electron chi connectivity index (χ1n) is 5.34. The van der Waals surface area contributed by atoms with E-state index in [0.717, 1.165) is 0 Å². The lowest BCUT2D eigenvalue weighted by molar-refractivity contribution is 0.370. The van der Waals surface area contributed by atoms with Crippen molar-refractivity contribution in [3.63, 3.8) is 0 Å². The second-order valence-corrected chi connectivity index (χ2v) is 3.96. The Hall–Kier alpha value is -0.830. The van der Waals surface area contributed by atoms with Crippen LogP contribution in [0.15, 0.2) is 12.5 Å². The van der Waals surface area contributed by atoms with Crippen LogP contribution in [0.1, 0.15) is 38.4 Å². The lowest BCUT2D eigenvalue weighted by Crippen LogP contribution is -2.25. The zero-order valence-corrected chi connectivity index (χ0v) is 9.62. The van der Waals surface area contributed by atoms with Crippen LogP contribution in [0.5, 0.6) is 0 Å². The fraction of sp³-hybridized carbons (Fsp3) is 0.727. The van der Waals surface area contributed by atoms with Gasteiger partial charge in [-0.25, -0.2) is 4.98 Å². The molecule has 0 amide bonds. The molecule has 1 aromatic heterocycles. The van der Waals surface area contributed by atoms with E-state index in [-0.39, 0.29) is 0 Å². The van der Waals surface area contributed by atoms with E-state index in [9.17, 15) is 0 Å². The fourth-order valence-electron chi connectivity index (χ4n) is 2.01. The highest BCUT2D eigenvalue weighted by atomic mass is 15.1. The molecule has 0 saturated carbocycles. The molecule has 14 heavy (non-hydrogen) atoms. The van der Waals surface area contributed by atoms with Gasteiger partial charge >= 0.3 is 0 Å². The van der Waals surface area contributed by atoms with Gasteiger partial charge in [0, 0.05) is 13.2 Å². The van der Waals surface area contributed by atoms with Gasteiger partial charge in [-0.15, -0.1) is 0 Å². The molecule has 0 aliphatic carbocycles. The topological polar surface area (TPSA) is 29.9 Å². The summed E-state index contributed by atoms with van der Waals surface area (Å²) in [5, 5.41) is 3.37. The van der Waals surface area contributed by atoms with E-state index in [1.54, 1.807) is 0 Å². The molecule has 0 aromatic carbocycles. The van der Waals surface area contributed by atoms with E-state index in [4.69, 9.17) is 0 Å². The van der Waals surface area contributed by atoms with Crippen molar-refractivity contribution in [1.29, 1.82) is 0 Å². The van der Waals surface area contributed by atoms with Crippen LogP contribution in [-0.2, 0) is 7.05 Å². The molecule has 0 aliphatic heterocycles. The maximum absolute atomic E-state index is 4.16. The molecule has 1 rings (SSSR count). The summed E-state index contributed by atoms with van der Waals surface area (Å²) in [4.78, 5) is 4.16. The first-order chi connectivity index (χ1) is 6.70. The zero-order chi connectivity index (χ0) is 10.6. The van der Waals surface area contributed by atoms with E-state index in [2.05, 4.69) is 28.7 Å². The normalized spacial score (nSPS) is 15.4. The summed E-state index contributed by atoms with van der Waals surface area (Å²) < 4.78 is 2.09. The molecule has 0 fully saturated rings. The maximum Gasteiger partial charge on any atom is 0.0946 e. The summed E-state index contributed by atoms with van der Waals surface area (Å²) in [6.07, 6.45) is 6.29. The Morgan fingerprint density at radius 1 is 1.57 bits per heavy atom. The summed E-state index contributed by atoms with van der Waals surface area (Å²) in [5.41, 5.74) is 1.27. The molecule has 0 bridgehead atoms. The van der Waals surface area contributed by atoms with Crippen molar-refractivity contribution in [2.24, 2.45) is 13.0 Å². The highest BCUT2D eigenvalue weighted by Crippen LogP contribution is 2.24. The number of nitrogens with zero attached hydrogens (tertiary/aromatic N) is 2. The number of rotatable bonds is 5. The Morgan fingerprint density at radius 3 is 2.71 bits per heavy atom. The molecule has 3 nitrogen and oxygen atoms in total. The second-order valence-electron chi connectivity index (χ2n) is 3.96. The van der Waals surface area contributed by atoms with Gasteiger partial charge in [-0.3, -0.25) is 0 Å². The molecule has 0 saturated heterocycles. The zero-order valence-electron chi connectivity index (χ0n) is 9.62. The average Bonchev–Trinajstić information content (AvgIpc) is 2.54. The standard InChI is InChI=1S/C11H21N3/c1-5-6-9(2)11(12-3)10-7-13-8-14(10)4/h7-9,11-12H,5-6H2,1-4H3. The van der Waals surface area contributed by atoms with E-state index < -0.39 is 0 Å². The average molecular weight is 195 g/mol. The van der Waals surface area contributed by atoms with Crippen LogP contribution in [0, 0.1) is 5.92 Å². The summed E-state index contributed by atoms with van der Waals surface area (Å²) in [7, 11) is 4.06. The van der Waals surface area contributed by atoms with Crippen molar-refractivity contribution in [2.45, 2.75) is 32.7 Å². The van der Waals surface area contributed by atoms with Crippen LogP contribution in [-0.4, -0.2) is 16.6 Å². The van der Waals surface area contributed by atoms with E-state index in [1.807, 2.05) is 26.6 Å². The van der Waals surface area contributed by atoms with Gasteiger partial charge < -0.3 is 9.88 Å². The molecule has 2 unspecified atom stereocenters. The molecule has 2 atom stereocenters. The Balaban J connectivity index is 2.76. The van der Waals surface area contributed by atoms with Crippen LogP contribution >= 0.6 is 0 Å². The highest BCUT2D eigenvalue weighted by molar-refractivity contribution is 5.05. The van der Waals surface area contributed by atoms with Crippen molar-refractivity contribution in [1.82, 2.24) is 14.9 Å². The number of hydrogen-bond acceptors (Lipinski definition) is 2. The minimum atomic E-state index is 0.419. The number of hydrogen-bond donors (Lipinski definition) is 1. The smallest absolute Gasteiger partial charge is 0.0946 e. The van der Waals surface area contributed by atoms with Gasteiger partial charge in [0.15, 0.2) is 0 Å². The molecule has 0 aliphatic rings. The van der Waals surface area contributed by atoms with E-state index in [1.165, 1.54) is 18.5 Å². The van der Waals surface area contributed by atoms with Gasteiger partial charge in [-0.2, -0.15) is 0 Å². The van der Waals surface area contributed by atoms with Gasteiger partial charge in [-0.1, -0.05) is 20.3 Å². The second kappa shape index (κ2) is 5.15. The third-order valence-corrected chi connectivity index (χ3v) is 2.80. The Morgan fingerprint density at radius 2 is 2.29 bits per heavy atom. The summed E-state index contributed by atoms with van der Waals surface area (Å²) in [6, 6.07) is 0.419. The van der Waals surface area contributed by atoms with Crippen LogP contribution < -0.4 is 5.32 Å². The quantitative estimate of drug-likeness (QED) is 0.780. The SMILES string of the molecule is CCCC(C)C(NC)c1cncn1C. The number of aryl methyl sites for hydroxylation is 1. The molecule has 80 valence electrons. The number of aromatic nitrogens is 2. The molecule has 0 spiro atoms. The van der Waals surface area contributed by atoms with Crippen molar-refractivity contribution in [2.75, 3.05) is 7.05 Å². The van der Waals surface area contributed by atoms with Crippen LogP contribution in [0.25, 0.3) is 0 Å². The maximum atomic E-state index is 4.16.